The molecule has 1 fully saturated rings. The van der Waals surface area contributed by atoms with Gasteiger partial charge in [-0.1, -0.05) is 20.8 Å². The van der Waals surface area contributed by atoms with Crippen molar-refractivity contribution in [3.8, 4) is 0 Å². The lowest BCUT2D eigenvalue weighted by Crippen LogP contribution is -2.37. The van der Waals surface area contributed by atoms with Crippen molar-refractivity contribution in [2.24, 2.45) is 5.41 Å². The van der Waals surface area contributed by atoms with Crippen LogP contribution in [0, 0.1) is 5.41 Å². The third-order valence-corrected chi connectivity index (χ3v) is 5.85. The topological polar surface area (TPSA) is 95.9 Å². The lowest BCUT2D eigenvalue weighted by molar-refractivity contribution is -0.146. The number of rotatable bonds is 3. The predicted molar refractivity (Wildman–Crippen MR) is 95.3 cm³/mol. The number of carboxylic acid groups (broad SMARTS) is 1. The van der Waals surface area contributed by atoms with Crippen molar-refractivity contribution in [1.82, 2.24) is 4.90 Å². The number of nitrogens with zero attached hydrogens (tertiary/aromatic N) is 1. The highest BCUT2D eigenvalue weighted by atomic mass is 32.1. The van der Waals surface area contributed by atoms with Crippen molar-refractivity contribution in [2.45, 2.75) is 39.5 Å². The van der Waals surface area contributed by atoms with Gasteiger partial charge < -0.3 is 14.7 Å². The number of ether oxygens (including phenoxy) is 1. The number of carbonyl (C=O) groups is 3. The average Bonchev–Trinajstić information content (AvgIpc) is 3.11. The van der Waals surface area contributed by atoms with Crippen LogP contribution < -0.4 is 5.32 Å². The third-order valence-electron chi connectivity index (χ3n) is 4.37. The van der Waals surface area contributed by atoms with Crippen molar-refractivity contribution in [3.05, 3.63) is 16.5 Å². The van der Waals surface area contributed by atoms with E-state index >= 15 is 0 Å². The van der Waals surface area contributed by atoms with Crippen molar-refractivity contribution in [3.63, 3.8) is 0 Å². The number of thiophene rings is 1. The van der Waals surface area contributed by atoms with Gasteiger partial charge in [0.2, 0.25) is 0 Å². The highest BCUT2D eigenvalue weighted by molar-refractivity contribution is 7.16. The minimum atomic E-state index is -0.936. The van der Waals surface area contributed by atoms with Gasteiger partial charge in [-0.2, -0.15) is 0 Å². The second kappa shape index (κ2) is 6.67. The smallest absolute Gasteiger partial charge is 0.340 e. The summed E-state index contributed by atoms with van der Waals surface area (Å²) in [4.78, 5) is 38.3. The number of aliphatic carboxylic acids is 1. The van der Waals surface area contributed by atoms with Gasteiger partial charge in [0.1, 0.15) is 5.00 Å². The number of hydrogen-bond donors (Lipinski definition) is 2. The zero-order valence-electron chi connectivity index (χ0n) is 15.1. The summed E-state index contributed by atoms with van der Waals surface area (Å²) in [7, 11) is 1.29. The van der Waals surface area contributed by atoms with Crippen LogP contribution in [0.5, 0.6) is 0 Å². The molecule has 0 aliphatic carbocycles. The molecule has 0 spiro atoms. The second-order valence-electron chi connectivity index (χ2n) is 7.56. The minimum absolute atomic E-state index is 0.138. The van der Waals surface area contributed by atoms with Crippen LogP contribution in [0.2, 0.25) is 0 Å². The van der Waals surface area contributed by atoms with Gasteiger partial charge in [0, 0.05) is 18.0 Å². The van der Waals surface area contributed by atoms with E-state index in [2.05, 4.69) is 5.32 Å². The molecule has 8 heteroatoms. The van der Waals surface area contributed by atoms with E-state index in [0.717, 1.165) is 4.88 Å². The highest BCUT2D eigenvalue weighted by Crippen LogP contribution is 2.37. The van der Waals surface area contributed by atoms with Crippen molar-refractivity contribution < 1.29 is 24.2 Å². The summed E-state index contributed by atoms with van der Waals surface area (Å²) in [6, 6.07) is 1.33. The van der Waals surface area contributed by atoms with Crippen LogP contribution in [0.3, 0.4) is 0 Å². The first-order chi connectivity index (χ1) is 11.5. The molecule has 0 bridgehead atoms. The zero-order valence-corrected chi connectivity index (χ0v) is 16.0. The lowest BCUT2D eigenvalue weighted by Gasteiger charge is -2.20. The van der Waals surface area contributed by atoms with E-state index in [1.165, 1.54) is 23.3 Å². The van der Waals surface area contributed by atoms with Crippen LogP contribution in [0.15, 0.2) is 6.07 Å². The number of nitrogens with one attached hydrogen (secondary N) is 1. The molecule has 1 unspecified atom stereocenters. The van der Waals surface area contributed by atoms with Crippen LogP contribution in [0.4, 0.5) is 9.80 Å². The van der Waals surface area contributed by atoms with Gasteiger partial charge >= 0.3 is 18.0 Å². The normalized spacial score (nSPS) is 20.4. The standard InChI is InChI=1S/C17H24N2O5S/c1-16(2,3)11-8-10(13(20)24-5)12(25-11)18-15(23)19-7-6-17(4,9-19)14(21)22/h8H,6-7,9H2,1-5H3,(H,18,23)(H,21,22). The van der Waals surface area contributed by atoms with Crippen LogP contribution in [0.1, 0.15) is 49.4 Å². The van der Waals surface area contributed by atoms with Gasteiger partial charge in [-0.25, -0.2) is 9.59 Å². The SMILES string of the molecule is COC(=O)c1cc(C(C)(C)C)sc1NC(=O)N1CCC(C)(C(=O)O)C1. The minimum Gasteiger partial charge on any atom is -0.481 e. The molecule has 2 N–H and O–H groups in total. The molecular weight excluding hydrogens is 344 g/mol. The number of methoxy groups -OCH3 is 1. The molecule has 1 aliphatic rings. The van der Waals surface area contributed by atoms with Crippen molar-refractivity contribution >= 4 is 34.3 Å². The van der Waals surface area contributed by atoms with Crippen LogP contribution in [0.25, 0.3) is 0 Å². The summed E-state index contributed by atoms with van der Waals surface area (Å²) in [5.74, 6) is -1.43. The Morgan fingerprint density at radius 2 is 2.00 bits per heavy atom. The Kier molecular flexibility index (Phi) is 5.13. The number of carbonyl (C=O) groups excluding carboxylic acids is 2. The molecule has 1 atom stereocenters. The molecule has 1 aliphatic heterocycles. The Bertz CT molecular complexity index is 706. The maximum absolute atomic E-state index is 12.5. The Morgan fingerprint density at radius 3 is 2.48 bits per heavy atom. The fourth-order valence-corrected chi connectivity index (χ4v) is 3.69. The molecule has 2 rings (SSSR count). The molecule has 2 amide bonds. The monoisotopic (exact) mass is 368 g/mol. The predicted octanol–water partition coefficient (Wildman–Crippen LogP) is 3.16. The molecule has 7 nitrogen and oxygen atoms in total. The first-order valence-corrected chi connectivity index (χ1v) is 8.81. The van der Waals surface area contributed by atoms with E-state index < -0.39 is 23.4 Å². The Labute approximate surface area is 151 Å². The summed E-state index contributed by atoms with van der Waals surface area (Å²) >= 11 is 1.33. The van der Waals surface area contributed by atoms with Crippen LogP contribution >= 0.6 is 11.3 Å². The summed E-state index contributed by atoms with van der Waals surface area (Å²) in [6.07, 6.45) is 0.400. The molecule has 1 aromatic rings. The van der Waals surface area contributed by atoms with Gasteiger partial charge in [0.05, 0.1) is 18.1 Å². The molecule has 1 saturated heterocycles. The molecule has 1 aromatic heterocycles. The molecular formula is C17H24N2O5S. The maximum atomic E-state index is 12.5. The fraction of sp³-hybridized carbons (Fsp3) is 0.588. The Morgan fingerprint density at radius 1 is 1.36 bits per heavy atom. The molecule has 0 aromatic carbocycles. The van der Waals surface area contributed by atoms with Gasteiger partial charge in [0.25, 0.3) is 0 Å². The number of urea groups is 1. The van der Waals surface area contributed by atoms with Crippen molar-refractivity contribution in [2.75, 3.05) is 25.5 Å². The number of hydrogen-bond acceptors (Lipinski definition) is 5. The molecule has 2 heterocycles. The van der Waals surface area contributed by atoms with Gasteiger partial charge in [0.15, 0.2) is 0 Å². The summed E-state index contributed by atoms with van der Waals surface area (Å²) in [5, 5.41) is 12.5. The molecule has 0 saturated carbocycles. The Hall–Kier alpha value is -2.09. The third kappa shape index (κ3) is 3.95. The summed E-state index contributed by atoms with van der Waals surface area (Å²) < 4.78 is 4.80. The lowest BCUT2D eigenvalue weighted by atomic mass is 9.90. The summed E-state index contributed by atoms with van der Waals surface area (Å²) in [5.41, 5.74) is -0.800. The second-order valence-corrected chi connectivity index (χ2v) is 8.61. The fourth-order valence-electron chi connectivity index (χ4n) is 2.60. The number of amides is 2. The van der Waals surface area contributed by atoms with Gasteiger partial charge in [-0.05, 0) is 24.8 Å². The average molecular weight is 368 g/mol. The number of likely N-dealkylation sites (tertiary alicyclic amines) is 1. The zero-order chi connectivity index (χ0) is 19.0. The van der Waals surface area contributed by atoms with Crippen LogP contribution in [-0.4, -0.2) is 48.2 Å². The quantitative estimate of drug-likeness (QED) is 0.799. The van der Waals surface area contributed by atoms with E-state index in [0.29, 0.717) is 23.5 Å². The van der Waals surface area contributed by atoms with Crippen LogP contribution in [-0.2, 0) is 14.9 Å². The molecule has 138 valence electrons. The van der Waals surface area contributed by atoms with E-state index in [-0.39, 0.29) is 12.0 Å². The summed E-state index contributed by atoms with van der Waals surface area (Å²) in [6.45, 7) is 8.18. The number of anilines is 1. The van der Waals surface area contributed by atoms with E-state index in [4.69, 9.17) is 4.74 Å². The van der Waals surface area contributed by atoms with Gasteiger partial charge in [-0.3, -0.25) is 10.1 Å². The first kappa shape index (κ1) is 19.2. The van der Waals surface area contributed by atoms with E-state index in [9.17, 15) is 19.5 Å². The maximum Gasteiger partial charge on any atom is 0.340 e. The molecule has 25 heavy (non-hydrogen) atoms. The largest absolute Gasteiger partial charge is 0.481 e. The highest BCUT2D eigenvalue weighted by Gasteiger charge is 2.42. The van der Waals surface area contributed by atoms with Crippen molar-refractivity contribution in [1.29, 1.82) is 0 Å². The Balaban J connectivity index is 2.22. The van der Waals surface area contributed by atoms with E-state index in [1.807, 2.05) is 20.8 Å². The van der Waals surface area contributed by atoms with Gasteiger partial charge in [-0.15, -0.1) is 11.3 Å². The molecule has 0 radical (unpaired) electrons. The first-order valence-electron chi connectivity index (χ1n) is 8.00. The number of carboxylic acids is 1. The van der Waals surface area contributed by atoms with E-state index in [1.54, 1.807) is 13.0 Å². The number of esters is 1.